The van der Waals surface area contributed by atoms with Gasteiger partial charge in [-0.3, -0.25) is 9.52 Å². The topological polar surface area (TPSA) is 66.5 Å². The summed E-state index contributed by atoms with van der Waals surface area (Å²) >= 11 is 5.30. The average molecular weight is 303 g/mol. The van der Waals surface area contributed by atoms with Crippen molar-refractivity contribution in [1.82, 2.24) is 4.90 Å². The van der Waals surface area contributed by atoms with Crippen LogP contribution < -0.4 is 4.72 Å². The Kier molecular flexibility index (Phi) is 4.31. The van der Waals surface area contributed by atoms with E-state index in [1.165, 1.54) is 0 Å². The number of carbonyl (C=O) groups excluding carboxylic acids is 1. The number of amides is 1. The smallest absolute Gasteiger partial charge is 0.253 e. The molecule has 19 heavy (non-hydrogen) atoms. The van der Waals surface area contributed by atoms with Crippen molar-refractivity contribution in [2.75, 3.05) is 23.0 Å². The maximum absolute atomic E-state index is 12.1. The van der Waals surface area contributed by atoms with E-state index in [9.17, 15) is 13.2 Å². The Morgan fingerprint density at radius 3 is 2.32 bits per heavy atom. The molecule has 1 heterocycles. The number of likely N-dealkylation sites (tertiary alicyclic amines) is 1. The van der Waals surface area contributed by atoms with Gasteiger partial charge in [0.2, 0.25) is 10.0 Å². The Morgan fingerprint density at radius 2 is 1.79 bits per heavy atom. The molecule has 1 fully saturated rings. The molecule has 1 aliphatic heterocycles. The number of halogens is 1. The van der Waals surface area contributed by atoms with Gasteiger partial charge in [0.05, 0.1) is 0 Å². The maximum Gasteiger partial charge on any atom is 0.253 e. The van der Waals surface area contributed by atoms with Crippen LogP contribution >= 0.6 is 11.6 Å². The molecule has 1 aliphatic rings. The second kappa shape index (κ2) is 5.79. The van der Waals surface area contributed by atoms with Crippen LogP contribution in [0.4, 0.5) is 5.69 Å². The van der Waals surface area contributed by atoms with E-state index in [0.717, 1.165) is 25.9 Å². The first-order chi connectivity index (χ1) is 9.02. The number of anilines is 1. The number of rotatable bonds is 4. The van der Waals surface area contributed by atoms with Gasteiger partial charge in [0.25, 0.3) is 5.91 Å². The molecule has 0 spiro atoms. The van der Waals surface area contributed by atoms with E-state index in [4.69, 9.17) is 11.6 Å². The highest BCUT2D eigenvalue weighted by atomic mass is 35.5. The van der Waals surface area contributed by atoms with E-state index in [0.29, 0.717) is 11.3 Å². The first-order valence-electron chi connectivity index (χ1n) is 5.97. The molecule has 0 unspecified atom stereocenters. The molecule has 1 N–H and O–H groups in total. The van der Waals surface area contributed by atoms with E-state index in [1.54, 1.807) is 29.2 Å². The number of hydrogen-bond donors (Lipinski definition) is 1. The molecule has 104 valence electrons. The van der Waals surface area contributed by atoms with Gasteiger partial charge in [-0.1, -0.05) is 0 Å². The van der Waals surface area contributed by atoms with Crippen LogP contribution in [0.25, 0.3) is 0 Å². The summed E-state index contributed by atoms with van der Waals surface area (Å²) in [4.78, 5) is 13.9. The van der Waals surface area contributed by atoms with Crippen LogP contribution in [-0.2, 0) is 10.0 Å². The van der Waals surface area contributed by atoms with Crippen LogP contribution in [0, 0.1) is 0 Å². The molecule has 0 saturated carbocycles. The van der Waals surface area contributed by atoms with Gasteiger partial charge in [0, 0.05) is 24.3 Å². The summed E-state index contributed by atoms with van der Waals surface area (Å²) in [7, 11) is -3.50. The summed E-state index contributed by atoms with van der Waals surface area (Å²) in [6.07, 6.45) is 2.08. The van der Waals surface area contributed by atoms with Crippen LogP contribution in [-0.4, -0.2) is 37.5 Å². The highest BCUT2D eigenvalue weighted by Gasteiger charge is 2.19. The van der Waals surface area contributed by atoms with E-state index in [2.05, 4.69) is 4.72 Å². The molecule has 1 aromatic rings. The van der Waals surface area contributed by atoms with Gasteiger partial charge in [-0.25, -0.2) is 8.42 Å². The Bertz CT molecular complexity index is 551. The fourth-order valence-corrected chi connectivity index (χ4v) is 2.70. The van der Waals surface area contributed by atoms with Crippen molar-refractivity contribution < 1.29 is 13.2 Å². The molecule has 0 aromatic heterocycles. The fraction of sp³-hybridized carbons (Fsp3) is 0.417. The van der Waals surface area contributed by atoms with Crippen molar-refractivity contribution in [3.05, 3.63) is 29.8 Å². The van der Waals surface area contributed by atoms with E-state index >= 15 is 0 Å². The zero-order chi connectivity index (χ0) is 13.9. The summed E-state index contributed by atoms with van der Waals surface area (Å²) in [5.74, 6) is -0.00995. The lowest BCUT2D eigenvalue weighted by Gasteiger charge is -2.15. The number of hydrogen-bond acceptors (Lipinski definition) is 3. The van der Waals surface area contributed by atoms with Gasteiger partial charge in [0.15, 0.2) is 0 Å². The quantitative estimate of drug-likeness (QED) is 0.863. The molecule has 0 radical (unpaired) electrons. The highest BCUT2D eigenvalue weighted by Crippen LogP contribution is 2.16. The Morgan fingerprint density at radius 1 is 1.21 bits per heavy atom. The lowest BCUT2D eigenvalue weighted by molar-refractivity contribution is 0.0793. The van der Waals surface area contributed by atoms with Gasteiger partial charge in [-0.15, -0.1) is 11.6 Å². The number of nitrogens with one attached hydrogen (secondary N) is 1. The number of sulfonamides is 1. The normalized spacial score (nSPS) is 15.5. The molecular weight excluding hydrogens is 288 g/mol. The van der Waals surface area contributed by atoms with Crippen LogP contribution in [0.15, 0.2) is 24.3 Å². The first kappa shape index (κ1) is 14.1. The molecule has 0 aliphatic carbocycles. The van der Waals surface area contributed by atoms with E-state index in [-0.39, 0.29) is 5.91 Å². The van der Waals surface area contributed by atoms with E-state index in [1.807, 2.05) is 0 Å². The van der Waals surface area contributed by atoms with E-state index < -0.39 is 15.2 Å². The number of carbonyl (C=O) groups is 1. The zero-order valence-electron chi connectivity index (χ0n) is 10.3. The second-order valence-corrected chi connectivity index (χ2v) is 6.71. The van der Waals surface area contributed by atoms with Crippen molar-refractivity contribution in [2.45, 2.75) is 12.8 Å². The van der Waals surface area contributed by atoms with Crippen LogP contribution in [0.5, 0.6) is 0 Å². The van der Waals surface area contributed by atoms with Crippen LogP contribution in [0.2, 0.25) is 0 Å². The number of benzene rings is 1. The molecule has 1 aromatic carbocycles. The fourth-order valence-electron chi connectivity index (χ4n) is 1.99. The predicted octanol–water partition coefficient (Wildman–Crippen LogP) is 1.86. The largest absolute Gasteiger partial charge is 0.339 e. The summed E-state index contributed by atoms with van der Waals surface area (Å²) in [5.41, 5.74) is 0.967. The number of alkyl halides is 1. The third-order valence-electron chi connectivity index (χ3n) is 2.94. The zero-order valence-corrected chi connectivity index (χ0v) is 11.9. The Balaban J connectivity index is 2.08. The van der Waals surface area contributed by atoms with Gasteiger partial charge in [-0.2, -0.15) is 0 Å². The van der Waals surface area contributed by atoms with Crippen LogP contribution in [0.1, 0.15) is 23.2 Å². The van der Waals surface area contributed by atoms with Crippen molar-refractivity contribution in [3.63, 3.8) is 0 Å². The summed E-state index contributed by atoms with van der Waals surface area (Å²) in [5, 5.41) is -0.499. The molecule has 1 amide bonds. The summed E-state index contributed by atoms with van der Waals surface area (Å²) in [6.45, 7) is 1.58. The Labute approximate surface area is 117 Å². The molecule has 2 rings (SSSR count). The van der Waals surface area contributed by atoms with Crippen molar-refractivity contribution in [3.8, 4) is 0 Å². The molecule has 1 saturated heterocycles. The summed E-state index contributed by atoms with van der Waals surface area (Å²) in [6, 6.07) is 6.36. The SMILES string of the molecule is O=C(c1ccc(NS(=O)(=O)CCl)cc1)N1CCCC1. The maximum atomic E-state index is 12.1. The van der Waals surface area contributed by atoms with Gasteiger partial charge < -0.3 is 4.90 Å². The van der Waals surface area contributed by atoms with Crippen molar-refractivity contribution >= 4 is 33.2 Å². The van der Waals surface area contributed by atoms with Gasteiger partial charge in [-0.05, 0) is 37.1 Å². The van der Waals surface area contributed by atoms with Crippen LogP contribution in [0.3, 0.4) is 0 Å². The standard InChI is InChI=1S/C12H15ClN2O3S/c13-9-19(17,18)14-11-5-3-10(4-6-11)12(16)15-7-1-2-8-15/h3-6,14H,1-2,7-9H2. The second-order valence-electron chi connectivity index (χ2n) is 4.40. The minimum absolute atomic E-state index is 0.00995. The predicted molar refractivity (Wildman–Crippen MR) is 74.8 cm³/mol. The lowest BCUT2D eigenvalue weighted by atomic mass is 10.2. The van der Waals surface area contributed by atoms with Gasteiger partial charge >= 0.3 is 0 Å². The highest BCUT2D eigenvalue weighted by molar-refractivity contribution is 7.93. The molecule has 5 nitrogen and oxygen atoms in total. The third-order valence-corrected chi connectivity index (χ3v) is 4.64. The monoisotopic (exact) mass is 302 g/mol. The van der Waals surface area contributed by atoms with Gasteiger partial charge in [0.1, 0.15) is 5.21 Å². The molecular formula is C12H15ClN2O3S. The molecule has 7 heteroatoms. The summed E-state index contributed by atoms with van der Waals surface area (Å²) < 4.78 is 24.9. The molecule has 0 atom stereocenters. The average Bonchev–Trinajstić information content (AvgIpc) is 2.92. The third kappa shape index (κ3) is 3.61. The number of nitrogens with zero attached hydrogens (tertiary/aromatic N) is 1. The first-order valence-corrected chi connectivity index (χ1v) is 8.16. The van der Waals surface area contributed by atoms with Crippen molar-refractivity contribution in [2.24, 2.45) is 0 Å². The minimum atomic E-state index is -3.50. The minimum Gasteiger partial charge on any atom is -0.339 e. The van der Waals surface area contributed by atoms with Crippen molar-refractivity contribution in [1.29, 1.82) is 0 Å². The molecule has 0 bridgehead atoms. The lowest BCUT2D eigenvalue weighted by Crippen LogP contribution is -2.27. The Hall–Kier alpha value is -1.27.